The number of ether oxygens (including phenoxy) is 2. The van der Waals surface area contributed by atoms with Gasteiger partial charge in [0.05, 0.1) is 12.7 Å². The summed E-state index contributed by atoms with van der Waals surface area (Å²) in [6, 6.07) is 11.7. The van der Waals surface area contributed by atoms with Crippen LogP contribution in [-0.2, 0) is 4.79 Å². The average molecular weight is 369 g/mol. The molecular weight excluding hydrogens is 350 g/mol. The smallest absolute Gasteiger partial charge is 0.315 e. The molecule has 2 heterocycles. The third kappa shape index (κ3) is 2.58. The first-order chi connectivity index (χ1) is 13.0. The molecule has 2 aromatic rings. The molecular formula is C20H19NO6. The standard InChI is InChI=1S/C20H19NO6/c1-26-12-6-7-14(16(22)8-12)18(23)21-9-15-13-4-2-3-5-17(13)27-11-20(15,10-21)19(24)25/h2-8,15,22H,9-11H2,1H3,(H,24,25)/t15-,20-/m1/s1. The number of carboxylic acid groups (broad SMARTS) is 1. The number of carbonyl (C=O) groups excluding carboxylic acids is 1. The molecule has 140 valence electrons. The zero-order valence-electron chi connectivity index (χ0n) is 14.7. The Balaban J connectivity index is 1.69. The maximum atomic E-state index is 13.0. The molecule has 0 aliphatic carbocycles. The minimum Gasteiger partial charge on any atom is -0.507 e. The van der Waals surface area contributed by atoms with Crippen molar-refractivity contribution in [2.45, 2.75) is 5.92 Å². The molecule has 1 saturated heterocycles. The lowest BCUT2D eigenvalue weighted by Gasteiger charge is -2.35. The van der Waals surface area contributed by atoms with Gasteiger partial charge in [0, 0.05) is 30.6 Å². The van der Waals surface area contributed by atoms with Crippen LogP contribution in [0.25, 0.3) is 0 Å². The summed E-state index contributed by atoms with van der Waals surface area (Å²) < 4.78 is 10.7. The van der Waals surface area contributed by atoms with Gasteiger partial charge in [0.25, 0.3) is 5.91 Å². The summed E-state index contributed by atoms with van der Waals surface area (Å²) >= 11 is 0. The first-order valence-electron chi connectivity index (χ1n) is 8.57. The second-order valence-electron chi connectivity index (χ2n) is 6.91. The van der Waals surface area contributed by atoms with Crippen LogP contribution in [0.3, 0.4) is 0 Å². The number of methoxy groups -OCH3 is 1. The van der Waals surface area contributed by atoms with Crippen molar-refractivity contribution in [1.29, 1.82) is 0 Å². The third-order valence-electron chi connectivity index (χ3n) is 5.47. The van der Waals surface area contributed by atoms with Crippen LogP contribution in [0.2, 0.25) is 0 Å². The van der Waals surface area contributed by atoms with Gasteiger partial charge in [-0.25, -0.2) is 0 Å². The van der Waals surface area contributed by atoms with E-state index in [0.717, 1.165) is 5.56 Å². The van der Waals surface area contributed by atoms with Gasteiger partial charge >= 0.3 is 5.97 Å². The van der Waals surface area contributed by atoms with Crippen LogP contribution in [0.1, 0.15) is 21.8 Å². The second kappa shape index (κ2) is 6.19. The molecule has 0 unspecified atom stereocenters. The van der Waals surface area contributed by atoms with Crippen molar-refractivity contribution in [3.63, 3.8) is 0 Å². The second-order valence-corrected chi connectivity index (χ2v) is 6.91. The van der Waals surface area contributed by atoms with Crippen molar-refractivity contribution in [3.8, 4) is 17.2 Å². The minimum atomic E-state index is -1.20. The Morgan fingerprint density at radius 2 is 2.04 bits per heavy atom. The van der Waals surface area contributed by atoms with Crippen LogP contribution in [0.4, 0.5) is 0 Å². The highest BCUT2D eigenvalue weighted by molar-refractivity contribution is 5.98. The van der Waals surface area contributed by atoms with Gasteiger partial charge in [-0.2, -0.15) is 0 Å². The lowest BCUT2D eigenvalue weighted by atomic mass is 9.73. The quantitative estimate of drug-likeness (QED) is 0.860. The van der Waals surface area contributed by atoms with Crippen LogP contribution < -0.4 is 9.47 Å². The first kappa shape index (κ1) is 17.2. The van der Waals surface area contributed by atoms with Crippen molar-refractivity contribution in [2.75, 3.05) is 26.8 Å². The van der Waals surface area contributed by atoms with Gasteiger partial charge in [0.2, 0.25) is 0 Å². The number of hydrogen-bond donors (Lipinski definition) is 2. The Labute approximate surface area is 155 Å². The van der Waals surface area contributed by atoms with Gasteiger partial charge in [-0.15, -0.1) is 0 Å². The summed E-state index contributed by atoms with van der Waals surface area (Å²) in [5, 5.41) is 20.1. The number of carboxylic acids is 1. The Hall–Kier alpha value is -3.22. The van der Waals surface area contributed by atoms with Crippen LogP contribution in [0.5, 0.6) is 17.2 Å². The summed E-state index contributed by atoms with van der Waals surface area (Å²) in [5.41, 5.74) is -0.295. The minimum absolute atomic E-state index is 0.00237. The van der Waals surface area contributed by atoms with E-state index in [9.17, 15) is 19.8 Å². The molecule has 1 fully saturated rings. The number of rotatable bonds is 3. The number of nitrogens with zero attached hydrogens (tertiary/aromatic N) is 1. The van der Waals surface area contributed by atoms with Crippen LogP contribution in [0.15, 0.2) is 42.5 Å². The van der Waals surface area contributed by atoms with Gasteiger partial charge in [-0.3, -0.25) is 9.59 Å². The molecule has 2 N–H and O–H groups in total. The predicted octanol–water partition coefficient (Wildman–Crippen LogP) is 2.10. The summed E-state index contributed by atoms with van der Waals surface area (Å²) in [6.07, 6.45) is 0. The zero-order chi connectivity index (χ0) is 19.2. The van der Waals surface area contributed by atoms with Gasteiger partial charge < -0.3 is 24.6 Å². The molecule has 2 atom stereocenters. The Kier molecular flexibility index (Phi) is 3.95. The number of fused-ring (bicyclic) bond motifs is 3. The molecule has 2 aliphatic rings. The predicted molar refractivity (Wildman–Crippen MR) is 95.3 cm³/mol. The summed E-state index contributed by atoms with van der Waals surface area (Å²) in [4.78, 5) is 26.6. The number of phenols is 1. The van der Waals surface area contributed by atoms with E-state index in [2.05, 4.69) is 0 Å². The van der Waals surface area contributed by atoms with E-state index >= 15 is 0 Å². The molecule has 0 spiro atoms. The number of likely N-dealkylation sites (tertiary alicyclic amines) is 1. The number of benzene rings is 2. The maximum Gasteiger partial charge on any atom is 0.315 e. The molecule has 4 rings (SSSR count). The van der Waals surface area contributed by atoms with Crippen LogP contribution >= 0.6 is 0 Å². The number of para-hydroxylation sites is 1. The van der Waals surface area contributed by atoms with E-state index < -0.39 is 17.3 Å². The third-order valence-corrected chi connectivity index (χ3v) is 5.47. The number of carbonyl (C=O) groups is 2. The molecule has 7 nitrogen and oxygen atoms in total. The average Bonchev–Trinajstić information content (AvgIpc) is 3.09. The number of aliphatic carboxylic acids is 1. The van der Waals surface area contributed by atoms with Crippen molar-refractivity contribution in [3.05, 3.63) is 53.6 Å². The normalized spacial score (nSPS) is 23.1. The molecule has 0 bridgehead atoms. The number of phenolic OH excluding ortho intramolecular Hbond substituents is 1. The van der Waals surface area contributed by atoms with E-state index in [4.69, 9.17) is 9.47 Å². The molecule has 7 heteroatoms. The van der Waals surface area contributed by atoms with E-state index in [1.165, 1.54) is 24.1 Å². The monoisotopic (exact) mass is 369 g/mol. The molecule has 27 heavy (non-hydrogen) atoms. The van der Waals surface area contributed by atoms with E-state index in [1.807, 2.05) is 18.2 Å². The van der Waals surface area contributed by atoms with Crippen molar-refractivity contribution in [1.82, 2.24) is 4.90 Å². The van der Waals surface area contributed by atoms with Crippen molar-refractivity contribution in [2.24, 2.45) is 5.41 Å². The summed E-state index contributed by atoms with van der Waals surface area (Å²) in [6.45, 7) is 0.269. The maximum absolute atomic E-state index is 13.0. The van der Waals surface area contributed by atoms with E-state index in [-0.39, 0.29) is 36.9 Å². The van der Waals surface area contributed by atoms with Crippen molar-refractivity contribution < 1.29 is 29.3 Å². The summed E-state index contributed by atoms with van der Waals surface area (Å²) in [7, 11) is 1.47. The molecule has 0 saturated carbocycles. The van der Waals surface area contributed by atoms with Gasteiger partial charge in [-0.1, -0.05) is 18.2 Å². The highest BCUT2D eigenvalue weighted by Crippen LogP contribution is 2.50. The fourth-order valence-corrected chi connectivity index (χ4v) is 3.98. The summed E-state index contributed by atoms with van der Waals surface area (Å²) in [5.74, 6) is -0.886. The number of aromatic hydroxyl groups is 1. The van der Waals surface area contributed by atoms with Gasteiger partial charge in [0.15, 0.2) is 0 Å². The Bertz CT molecular complexity index is 926. The zero-order valence-corrected chi connectivity index (χ0v) is 14.7. The van der Waals surface area contributed by atoms with Crippen LogP contribution in [-0.4, -0.2) is 53.8 Å². The molecule has 0 radical (unpaired) electrons. The fraction of sp³-hybridized carbons (Fsp3) is 0.300. The largest absolute Gasteiger partial charge is 0.507 e. The fourth-order valence-electron chi connectivity index (χ4n) is 3.98. The Morgan fingerprint density at radius 3 is 2.74 bits per heavy atom. The van der Waals surface area contributed by atoms with Gasteiger partial charge in [-0.05, 0) is 18.2 Å². The topological polar surface area (TPSA) is 96.3 Å². The van der Waals surface area contributed by atoms with Crippen molar-refractivity contribution >= 4 is 11.9 Å². The van der Waals surface area contributed by atoms with E-state index in [1.54, 1.807) is 12.1 Å². The Morgan fingerprint density at radius 1 is 1.26 bits per heavy atom. The van der Waals surface area contributed by atoms with Gasteiger partial charge in [0.1, 0.15) is 29.3 Å². The van der Waals surface area contributed by atoms with Crippen LogP contribution in [0, 0.1) is 5.41 Å². The van der Waals surface area contributed by atoms with E-state index in [0.29, 0.717) is 11.5 Å². The molecule has 1 amide bonds. The highest BCUT2D eigenvalue weighted by atomic mass is 16.5. The number of amides is 1. The lowest BCUT2D eigenvalue weighted by Crippen LogP contribution is -2.46. The molecule has 2 aromatic carbocycles. The highest BCUT2D eigenvalue weighted by Gasteiger charge is 2.57. The lowest BCUT2D eigenvalue weighted by molar-refractivity contribution is -0.151. The number of hydrogen-bond acceptors (Lipinski definition) is 5. The molecule has 2 aliphatic heterocycles. The first-order valence-corrected chi connectivity index (χ1v) is 8.57. The SMILES string of the molecule is COc1ccc(C(=O)N2C[C@@H]3c4ccccc4OC[C@]3(C(=O)O)C2)c(O)c1. The molecule has 0 aromatic heterocycles.